The molecule has 13 heteroatoms. The van der Waals surface area contributed by atoms with Crippen molar-refractivity contribution in [1.29, 1.82) is 0 Å². The summed E-state index contributed by atoms with van der Waals surface area (Å²) >= 11 is 0. The number of alkyl halides is 3. The predicted molar refractivity (Wildman–Crippen MR) is 114 cm³/mol. The smallest absolute Gasteiger partial charge is 0.374 e. The summed E-state index contributed by atoms with van der Waals surface area (Å²) in [4.78, 5) is 12.1. The minimum Gasteiger partial charge on any atom is -0.374 e. The Morgan fingerprint density at radius 3 is 2.77 bits per heavy atom. The number of aliphatic imine (C=N–C) groups is 1. The van der Waals surface area contributed by atoms with Crippen LogP contribution >= 0.6 is 24.0 Å². The largest absolute Gasteiger partial charge is 0.424 e. The van der Waals surface area contributed by atoms with Crippen LogP contribution in [-0.4, -0.2) is 60.7 Å². The Morgan fingerprint density at radius 2 is 2.13 bits per heavy atom. The summed E-state index contributed by atoms with van der Waals surface area (Å²) in [6.07, 6.45) is 0.139. The van der Waals surface area contributed by atoms with Crippen LogP contribution in [0.15, 0.2) is 23.7 Å². The lowest BCUT2D eigenvalue weighted by Crippen LogP contribution is -2.48. The van der Waals surface area contributed by atoms with Crippen LogP contribution in [0.5, 0.6) is 0 Å². The zero-order chi connectivity index (χ0) is 21.1. The molecule has 0 saturated carbocycles. The average molecular weight is 542 g/mol. The molecule has 2 unspecified atom stereocenters. The molecule has 0 aromatic carbocycles. The second kappa shape index (κ2) is 9.94. The number of rotatable bonds is 6. The van der Waals surface area contributed by atoms with Crippen LogP contribution < -0.4 is 10.6 Å². The molecule has 0 spiro atoms. The molecular formula is C17H26F3IN8O. The van der Waals surface area contributed by atoms with Gasteiger partial charge in [-0.05, 0) is 13.3 Å². The molecular weight excluding hydrogens is 516 g/mol. The van der Waals surface area contributed by atoms with Gasteiger partial charge in [0.2, 0.25) is 5.60 Å². The van der Waals surface area contributed by atoms with E-state index in [9.17, 15) is 18.3 Å². The molecule has 0 radical (unpaired) electrons. The lowest BCUT2D eigenvalue weighted by molar-refractivity contribution is -0.272. The number of fused-ring (bicyclic) bond motifs is 1. The quantitative estimate of drug-likeness (QED) is 0.289. The van der Waals surface area contributed by atoms with E-state index in [0.717, 1.165) is 18.7 Å². The molecule has 0 fully saturated rings. The highest BCUT2D eigenvalue weighted by Gasteiger charge is 2.57. The summed E-state index contributed by atoms with van der Waals surface area (Å²) in [5.41, 5.74) is -3.08. The molecule has 30 heavy (non-hydrogen) atoms. The highest BCUT2D eigenvalue weighted by atomic mass is 127. The number of hydrogen-bond acceptors (Lipinski definition) is 5. The number of nitrogens with zero attached hydrogens (tertiary/aromatic N) is 6. The van der Waals surface area contributed by atoms with Gasteiger partial charge in [0.15, 0.2) is 5.96 Å². The van der Waals surface area contributed by atoms with Crippen LogP contribution in [0.1, 0.15) is 31.4 Å². The summed E-state index contributed by atoms with van der Waals surface area (Å²) in [5.74, 6) is 0.852. The number of nitrogens with one attached hydrogen (secondary N) is 2. The highest BCUT2D eigenvalue weighted by Crippen LogP contribution is 2.40. The first-order chi connectivity index (χ1) is 13.7. The molecule has 2 aromatic rings. The van der Waals surface area contributed by atoms with Crippen LogP contribution in [0.3, 0.4) is 0 Å². The van der Waals surface area contributed by atoms with Gasteiger partial charge in [-0.25, -0.2) is 14.6 Å². The summed E-state index contributed by atoms with van der Waals surface area (Å²) in [6.45, 7) is 2.78. The van der Waals surface area contributed by atoms with Crippen molar-refractivity contribution in [3.05, 3.63) is 30.4 Å². The molecule has 0 aliphatic carbocycles. The predicted octanol–water partition coefficient (Wildman–Crippen LogP) is 1.34. The first kappa shape index (κ1) is 24.4. The van der Waals surface area contributed by atoms with E-state index >= 15 is 0 Å². The first-order valence-electron chi connectivity index (χ1n) is 9.43. The van der Waals surface area contributed by atoms with Gasteiger partial charge in [-0.3, -0.25) is 4.99 Å². The third kappa shape index (κ3) is 5.22. The second-order valence-electron chi connectivity index (χ2n) is 6.97. The van der Waals surface area contributed by atoms with E-state index in [2.05, 4.69) is 30.7 Å². The Balaban J connectivity index is 0.00000320. The van der Waals surface area contributed by atoms with Crippen LogP contribution in [0.2, 0.25) is 0 Å². The lowest BCUT2D eigenvalue weighted by atomic mass is 9.98. The van der Waals surface area contributed by atoms with E-state index in [4.69, 9.17) is 0 Å². The molecule has 0 bridgehead atoms. The Morgan fingerprint density at radius 1 is 1.37 bits per heavy atom. The Labute approximate surface area is 189 Å². The zero-order valence-corrected chi connectivity index (χ0v) is 19.1. The Bertz CT molecular complexity index is 852. The standard InChI is InChI=1S/C17H25F3N8O.HI/c1-3-21-15(26-12-4-5-13-24-11-25-28(13)10-12)23-7-6-16(29,17(18,19)20)14-22-8-9-27(14)2;/h8-9,11-12,29H,3-7,10H2,1-2H3,(H2,21,23,26);1H. The Kier molecular flexibility index (Phi) is 8.07. The van der Waals surface area contributed by atoms with Crippen molar-refractivity contribution in [2.75, 3.05) is 13.1 Å². The first-order valence-corrected chi connectivity index (χ1v) is 9.43. The topological polar surface area (TPSA) is 105 Å². The third-order valence-electron chi connectivity index (χ3n) is 4.89. The van der Waals surface area contributed by atoms with Gasteiger partial charge in [-0.2, -0.15) is 18.3 Å². The maximum Gasteiger partial charge on any atom is 0.424 e. The van der Waals surface area contributed by atoms with Crippen LogP contribution in [0, 0.1) is 0 Å². The molecule has 3 heterocycles. The molecule has 3 N–H and O–H groups in total. The molecule has 2 atom stereocenters. The minimum absolute atomic E-state index is 0. The maximum atomic E-state index is 13.6. The molecule has 3 rings (SSSR count). The van der Waals surface area contributed by atoms with Crippen molar-refractivity contribution in [2.45, 2.75) is 50.6 Å². The van der Waals surface area contributed by atoms with E-state index in [1.165, 1.54) is 30.3 Å². The fourth-order valence-electron chi connectivity index (χ4n) is 3.34. The van der Waals surface area contributed by atoms with Crippen molar-refractivity contribution >= 4 is 29.9 Å². The van der Waals surface area contributed by atoms with Gasteiger partial charge in [-0.15, -0.1) is 24.0 Å². The third-order valence-corrected chi connectivity index (χ3v) is 4.89. The molecule has 0 amide bonds. The number of aromatic nitrogens is 5. The van der Waals surface area contributed by atoms with Gasteiger partial charge in [0.1, 0.15) is 18.0 Å². The fourth-order valence-corrected chi connectivity index (χ4v) is 3.34. The van der Waals surface area contributed by atoms with E-state index < -0.39 is 24.0 Å². The summed E-state index contributed by atoms with van der Waals surface area (Å²) < 4.78 is 43.8. The maximum absolute atomic E-state index is 13.6. The summed E-state index contributed by atoms with van der Waals surface area (Å²) in [6, 6.07) is 0.0260. The summed E-state index contributed by atoms with van der Waals surface area (Å²) in [5, 5.41) is 20.8. The van der Waals surface area contributed by atoms with E-state index in [-0.39, 0.29) is 36.6 Å². The monoisotopic (exact) mass is 542 g/mol. The van der Waals surface area contributed by atoms with Gasteiger partial charge in [0.05, 0.1) is 6.54 Å². The Hall–Kier alpha value is -1.90. The number of imidazole rings is 1. The van der Waals surface area contributed by atoms with Gasteiger partial charge in [0.25, 0.3) is 0 Å². The van der Waals surface area contributed by atoms with E-state index in [1.54, 1.807) is 4.68 Å². The van der Waals surface area contributed by atoms with Crippen LogP contribution in [0.4, 0.5) is 13.2 Å². The average Bonchev–Trinajstić information content (AvgIpc) is 3.29. The number of hydrogen-bond donors (Lipinski definition) is 3. The normalized spacial score (nSPS) is 18.9. The van der Waals surface area contributed by atoms with Gasteiger partial charge in [0, 0.05) is 51.4 Å². The number of aliphatic hydroxyl groups is 1. The highest BCUT2D eigenvalue weighted by molar-refractivity contribution is 14.0. The van der Waals surface area contributed by atoms with E-state index in [1.807, 2.05) is 6.92 Å². The molecule has 1 aliphatic rings. The molecule has 0 saturated heterocycles. The van der Waals surface area contributed by atoms with Crippen molar-refractivity contribution in [3.8, 4) is 0 Å². The summed E-state index contributed by atoms with van der Waals surface area (Å²) in [7, 11) is 1.41. The van der Waals surface area contributed by atoms with Crippen molar-refractivity contribution in [2.24, 2.45) is 12.0 Å². The van der Waals surface area contributed by atoms with Crippen molar-refractivity contribution in [1.82, 2.24) is 34.9 Å². The van der Waals surface area contributed by atoms with Crippen LogP contribution in [0.25, 0.3) is 0 Å². The van der Waals surface area contributed by atoms with Gasteiger partial charge in [-0.1, -0.05) is 0 Å². The number of halogens is 4. The van der Waals surface area contributed by atoms with Crippen molar-refractivity contribution < 1.29 is 18.3 Å². The fraction of sp³-hybridized carbons (Fsp3) is 0.647. The second-order valence-corrected chi connectivity index (χ2v) is 6.97. The van der Waals surface area contributed by atoms with Crippen LogP contribution in [-0.2, 0) is 25.6 Å². The zero-order valence-electron chi connectivity index (χ0n) is 16.7. The van der Waals surface area contributed by atoms with Gasteiger partial charge >= 0.3 is 6.18 Å². The van der Waals surface area contributed by atoms with E-state index in [0.29, 0.717) is 19.0 Å². The number of guanidine groups is 1. The van der Waals surface area contributed by atoms with Gasteiger partial charge < -0.3 is 20.3 Å². The molecule has 2 aromatic heterocycles. The molecule has 168 valence electrons. The number of aryl methyl sites for hydroxylation is 2. The lowest BCUT2D eigenvalue weighted by Gasteiger charge is -2.29. The van der Waals surface area contributed by atoms with Crippen molar-refractivity contribution in [3.63, 3.8) is 0 Å². The molecule has 1 aliphatic heterocycles. The SMILES string of the molecule is CCNC(=NCCC(O)(c1nccn1C)C(F)(F)F)NC1CCc2ncnn2C1.I. The molecule has 9 nitrogen and oxygen atoms in total. The minimum atomic E-state index is -4.87.